The maximum atomic E-state index is 12.2. The van der Waals surface area contributed by atoms with Gasteiger partial charge in [-0.3, -0.25) is 9.59 Å². The van der Waals surface area contributed by atoms with Crippen molar-refractivity contribution in [3.8, 4) is 5.75 Å². The second-order valence-corrected chi connectivity index (χ2v) is 8.54. The van der Waals surface area contributed by atoms with Gasteiger partial charge in [0.15, 0.2) is 10.9 Å². The summed E-state index contributed by atoms with van der Waals surface area (Å²) in [5.41, 5.74) is 1.45. The van der Waals surface area contributed by atoms with Crippen molar-refractivity contribution in [1.82, 2.24) is 5.32 Å². The number of halogens is 3. The fourth-order valence-corrected chi connectivity index (χ4v) is 4.52. The van der Waals surface area contributed by atoms with E-state index in [0.29, 0.717) is 35.5 Å². The van der Waals surface area contributed by atoms with Gasteiger partial charge in [0.2, 0.25) is 0 Å². The van der Waals surface area contributed by atoms with E-state index in [-0.39, 0.29) is 5.91 Å². The third kappa shape index (κ3) is 5.22. The summed E-state index contributed by atoms with van der Waals surface area (Å²) in [6, 6.07) is 10.5. The van der Waals surface area contributed by atoms with Gasteiger partial charge in [-0.15, -0.1) is 0 Å². The van der Waals surface area contributed by atoms with Crippen LogP contribution in [0.4, 0.5) is 5.69 Å². The van der Waals surface area contributed by atoms with Gasteiger partial charge in [-0.05, 0) is 91.7 Å². The van der Waals surface area contributed by atoms with Crippen molar-refractivity contribution >= 4 is 84.0 Å². The lowest BCUT2D eigenvalue weighted by Gasteiger charge is -2.08. The number of nitrogens with zero attached hydrogens (tertiary/aromatic N) is 1. The maximum absolute atomic E-state index is 12.2. The normalized spacial score (nSPS) is 16.7. The van der Waals surface area contributed by atoms with Crippen LogP contribution >= 0.6 is 55.2 Å². The molecule has 1 N–H and O–H groups in total. The van der Waals surface area contributed by atoms with Gasteiger partial charge in [0.05, 0.1) is 19.5 Å². The third-order valence-electron chi connectivity index (χ3n) is 3.27. The summed E-state index contributed by atoms with van der Waals surface area (Å²) in [6.45, 7) is 1.33. The van der Waals surface area contributed by atoms with Gasteiger partial charge < -0.3 is 10.1 Å². The lowest BCUT2D eigenvalue weighted by Crippen LogP contribution is -2.19. The largest absolute Gasteiger partial charge is 0.424 e. The van der Waals surface area contributed by atoms with Gasteiger partial charge >= 0.3 is 5.97 Å². The fourth-order valence-electron chi connectivity index (χ4n) is 2.17. The number of thioether (sulfide) groups is 1. The van der Waals surface area contributed by atoms with Crippen LogP contribution in [-0.2, 0) is 9.59 Å². The Morgan fingerprint density at radius 2 is 1.85 bits per heavy atom. The standard InChI is InChI=1S/C18H11Br2ClN2O3S/c1-9(24)26-16-13(19)6-10(7-14(16)20)8-15-17(25)23-18(27-15)22-12-4-2-11(21)3-5-12/h2-8H,1H3,(H,22,23,25)/b15-8-. The topological polar surface area (TPSA) is 67.8 Å². The number of hydrogen-bond acceptors (Lipinski definition) is 5. The van der Waals surface area contributed by atoms with E-state index >= 15 is 0 Å². The highest BCUT2D eigenvalue weighted by Gasteiger charge is 2.24. The predicted octanol–water partition coefficient (Wildman–Crippen LogP) is 5.68. The molecule has 1 aliphatic heterocycles. The van der Waals surface area contributed by atoms with Crippen molar-refractivity contribution in [3.63, 3.8) is 0 Å². The van der Waals surface area contributed by atoms with Crippen LogP contribution in [0.3, 0.4) is 0 Å². The van der Waals surface area contributed by atoms with E-state index in [1.807, 2.05) is 0 Å². The van der Waals surface area contributed by atoms with Gasteiger partial charge in [0.25, 0.3) is 5.91 Å². The monoisotopic (exact) mass is 528 g/mol. The first-order valence-corrected chi connectivity index (χ1v) is 10.3. The van der Waals surface area contributed by atoms with Gasteiger partial charge in [0.1, 0.15) is 0 Å². The Morgan fingerprint density at radius 3 is 2.44 bits per heavy atom. The van der Waals surface area contributed by atoms with Crippen LogP contribution in [0.2, 0.25) is 5.02 Å². The Kier molecular flexibility index (Phi) is 6.41. The second kappa shape index (κ2) is 8.60. The van der Waals surface area contributed by atoms with Crippen molar-refractivity contribution < 1.29 is 14.3 Å². The van der Waals surface area contributed by atoms with Crippen LogP contribution in [0.15, 0.2) is 55.2 Å². The second-order valence-electron chi connectivity index (χ2n) is 5.37. The fraction of sp³-hybridized carbons (Fsp3) is 0.0556. The summed E-state index contributed by atoms with van der Waals surface area (Å²) in [5.74, 6) is -0.265. The lowest BCUT2D eigenvalue weighted by atomic mass is 10.2. The Bertz CT molecular complexity index is 968. The zero-order valence-corrected chi connectivity index (χ0v) is 18.5. The van der Waals surface area contributed by atoms with Crippen molar-refractivity contribution in [1.29, 1.82) is 0 Å². The van der Waals surface area contributed by atoms with Crippen LogP contribution < -0.4 is 10.1 Å². The molecule has 0 atom stereocenters. The molecule has 1 fully saturated rings. The molecule has 5 nitrogen and oxygen atoms in total. The van der Waals surface area contributed by atoms with Crippen LogP contribution in [0.5, 0.6) is 5.75 Å². The highest BCUT2D eigenvalue weighted by Crippen LogP contribution is 2.36. The van der Waals surface area contributed by atoms with Crippen LogP contribution in [0, 0.1) is 0 Å². The summed E-state index contributed by atoms with van der Waals surface area (Å²) in [6.07, 6.45) is 1.73. The first-order valence-electron chi connectivity index (χ1n) is 7.54. The summed E-state index contributed by atoms with van der Waals surface area (Å²) in [5, 5.41) is 3.84. The molecule has 1 aliphatic rings. The number of benzene rings is 2. The molecule has 0 aliphatic carbocycles. The van der Waals surface area contributed by atoms with E-state index in [1.54, 1.807) is 42.5 Å². The number of amidine groups is 1. The van der Waals surface area contributed by atoms with E-state index in [1.165, 1.54) is 18.7 Å². The number of carbonyl (C=O) groups is 2. The quantitative estimate of drug-likeness (QED) is 0.315. The summed E-state index contributed by atoms with van der Waals surface area (Å²) in [4.78, 5) is 28.3. The zero-order valence-electron chi connectivity index (χ0n) is 13.8. The first-order chi connectivity index (χ1) is 12.8. The van der Waals surface area contributed by atoms with Crippen molar-refractivity contribution in [2.75, 3.05) is 0 Å². The summed E-state index contributed by atoms with van der Waals surface area (Å²) < 4.78 is 6.34. The van der Waals surface area contributed by atoms with E-state index in [2.05, 4.69) is 42.2 Å². The molecule has 1 amide bonds. The average Bonchev–Trinajstić information content (AvgIpc) is 2.92. The smallest absolute Gasteiger partial charge is 0.308 e. The van der Waals surface area contributed by atoms with Crippen molar-refractivity contribution in [3.05, 3.63) is 60.8 Å². The average molecular weight is 531 g/mol. The molecule has 0 bridgehead atoms. The molecule has 0 saturated carbocycles. The Hall–Kier alpha value is -1.61. The molecule has 3 rings (SSSR count). The molecule has 2 aromatic rings. The molecule has 0 unspecified atom stereocenters. The predicted molar refractivity (Wildman–Crippen MR) is 115 cm³/mol. The maximum Gasteiger partial charge on any atom is 0.308 e. The minimum absolute atomic E-state index is 0.232. The van der Waals surface area contributed by atoms with Crippen LogP contribution in [-0.4, -0.2) is 17.0 Å². The number of rotatable bonds is 3. The van der Waals surface area contributed by atoms with Crippen LogP contribution in [0.25, 0.3) is 6.08 Å². The molecule has 1 heterocycles. The van der Waals surface area contributed by atoms with E-state index in [4.69, 9.17) is 16.3 Å². The number of aliphatic imine (C=N–C) groups is 1. The summed E-state index contributed by atoms with van der Waals surface area (Å²) in [7, 11) is 0. The number of esters is 1. The van der Waals surface area contributed by atoms with E-state index in [9.17, 15) is 9.59 Å². The molecule has 0 radical (unpaired) electrons. The zero-order chi connectivity index (χ0) is 19.6. The SMILES string of the molecule is CC(=O)Oc1c(Br)cc(/C=C2\SC(=Nc3ccc(Cl)cc3)NC2=O)cc1Br. The number of carbonyl (C=O) groups excluding carboxylic acids is 2. The van der Waals surface area contributed by atoms with Crippen molar-refractivity contribution in [2.24, 2.45) is 4.99 Å². The molecule has 27 heavy (non-hydrogen) atoms. The molecular weight excluding hydrogens is 520 g/mol. The molecule has 2 aromatic carbocycles. The minimum Gasteiger partial charge on any atom is -0.424 e. The summed E-state index contributed by atoms with van der Waals surface area (Å²) >= 11 is 13.9. The van der Waals surface area contributed by atoms with Gasteiger partial charge in [-0.25, -0.2) is 4.99 Å². The highest BCUT2D eigenvalue weighted by molar-refractivity contribution is 9.11. The molecule has 1 saturated heterocycles. The van der Waals surface area contributed by atoms with Gasteiger partial charge in [-0.2, -0.15) is 0 Å². The Morgan fingerprint density at radius 1 is 1.22 bits per heavy atom. The molecular formula is C18H11Br2ClN2O3S. The molecule has 0 spiro atoms. The minimum atomic E-state index is -0.420. The Balaban J connectivity index is 1.84. The third-order valence-corrected chi connectivity index (χ3v) is 5.61. The molecule has 138 valence electrons. The number of amides is 1. The number of nitrogens with one attached hydrogen (secondary N) is 1. The first kappa shape index (κ1) is 20.1. The highest BCUT2D eigenvalue weighted by atomic mass is 79.9. The van der Waals surface area contributed by atoms with Gasteiger partial charge in [0, 0.05) is 11.9 Å². The number of ether oxygens (including phenoxy) is 1. The number of hydrogen-bond donors (Lipinski definition) is 1. The van der Waals surface area contributed by atoms with E-state index < -0.39 is 5.97 Å². The van der Waals surface area contributed by atoms with E-state index in [0.717, 1.165) is 5.56 Å². The van der Waals surface area contributed by atoms with Gasteiger partial charge in [-0.1, -0.05) is 11.6 Å². The molecule has 0 aromatic heterocycles. The Labute approximate surface area is 181 Å². The van der Waals surface area contributed by atoms with Crippen molar-refractivity contribution in [2.45, 2.75) is 6.92 Å². The van der Waals surface area contributed by atoms with Crippen LogP contribution in [0.1, 0.15) is 12.5 Å². The molecule has 9 heteroatoms. The lowest BCUT2D eigenvalue weighted by molar-refractivity contribution is -0.132.